The third kappa shape index (κ3) is 3.70. The van der Waals surface area contributed by atoms with E-state index in [0.29, 0.717) is 12.8 Å². The molecule has 19 heavy (non-hydrogen) atoms. The van der Waals surface area contributed by atoms with Crippen molar-refractivity contribution in [2.45, 2.75) is 38.3 Å². The minimum absolute atomic E-state index is 0.0317. The van der Waals surface area contributed by atoms with Gasteiger partial charge in [0.05, 0.1) is 12.0 Å². The lowest BCUT2D eigenvalue weighted by molar-refractivity contribution is -0.141. The van der Waals surface area contributed by atoms with Gasteiger partial charge in [0.25, 0.3) is 0 Å². The van der Waals surface area contributed by atoms with Gasteiger partial charge in [-0.1, -0.05) is 0 Å². The van der Waals surface area contributed by atoms with Crippen LogP contribution in [0.3, 0.4) is 0 Å². The van der Waals surface area contributed by atoms with Gasteiger partial charge in [-0.2, -0.15) is 11.3 Å². The molecular formula is C13H18N2O3S. The number of carboxylic acid groups (broad SMARTS) is 1. The fourth-order valence-electron chi connectivity index (χ4n) is 2.37. The number of hydrogen-bond acceptors (Lipinski definition) is 3. The highest BCUT2D eigenvalue weighted by molar-refractivity contribution is 7.07. The Labute approximate surface area is 116 Å². The molecule has 1 aromatic heterocycles. The average molecular weight is 282 g/mol. The number of amides is 2. The molecule has 0 aliphatic heterocycles. The predicted molar refractivity (Wildman–Crippen MR) is 73.2 cm³/mol. The van der Waals surface area contributed by atoms with Crippen LogP contribution in [0.4, 0.5) is 4.79 Å². The molecule has 1 aliphatic rings. The number of carbonyl (C=O) groups excluding carboxylic acids is 1. The molecule has 1 heterocycles. The second kappa shape index (κ2) is 6.06. The average Bonchev–Trinajstić information content (AvgIpc) is 2.98. The second-order valence-electron chi connectivity index (χ2n) is 4.94. The zero-order valence-corrected chi connectivity index (χ0v) is 11.6. The maximum atomic E-state index is 11.8. The largest absolute Gasteiger partial charge is 0.481 e. The maximum absolute atomic E-state index is 11.8. The molecular weight excluding hydrogens is 264 g/mol. The predicted octanol–water partition coefficient (Wildman–Crippen LogP) is 2.36. The molecule has 2 rings (SSSR count). The number of aliphatic carboxylic acids is 1. The molecule has 0 bridgehead atoms. The van der Waals surface area contributed by atoms with Crippen LogP contribution in [0.5, 0.6) is 0 Å². The first-order valence-electron chi connectivity index (χ1n) is 6.38. The van der Waals surface area contributed by atoms with Crippen LogP contribution >= 0.6 is 11.3 Å². The third-order valence-electron chi connectivity index (χ3n) is 3.51. The topological polar surface area (TPSA) is 78.4 Å². The summed E-state index contributed by atoms with van der Waals surface area (Å²) in [6.07, 6.45) is 1.90. The van der Waals surface area contributed by atoms with Crippen LogP contribution in [0.2, 0.25) is 0 Å². The van der Waals surface area contributed by atoms with Gasteiger partial charge in [0.2, 0.25) is 0 Å². The monoisotopic (exact) mass is 282 g/mol. The van der Waals surface area contributed by atoms with Gasteiger partial charge in [0.15, 0.2) is 0 Å². The quantitative estimate of drug-likeness (QED) is 0.793. The number of thiophene rings is 1. The van der Waals surface area contributed by atoms with Crippen molar-refractivity contribution in [3.63, 3.8) is 0 Å². The van der Waals surface area contributed by atoms with E-state index in [4.69, 9.17) is 5.11 Å². The van der Waals surface area contributed by atoms with Gasteiger partial charge in [0, 0.05) is 6.04 Å². The van der Waals surface area contributed by atoms with Crippen molar-refractivity contribution in [2.75, 3.05) is 0 Å². The normalized spacial score (nSPS) is 23.8. The lowest BCUT2D eigenvalue weighted by Crippen LogP contribution is -2.42. The number of hydrogen-bond donors (Lipinski definition) is 3. The fraction of sp³-hybridized carbons (Fsp3) is 0.538. The lowest BCUT2D eigenvalue weighted by atomic mass is 10.1. The van der Waals surface area contributed by atoms with E-state index in [1.165, 1.54) is 0 Å². The summed E-state index contributed by atoms with van der Waals surface area (Å²) in [4.78, 5) is 22.7. The molecule has 0 saturated heterocycles. The van der Waals surface area contributed by atoms with Crippen molar-refractivity contribution in [2.24, 2.45) is 5.92 Å². The number of carboxylic acids is 1. The summed E-state index contributed by atoms with van der Waals surface area (Å²) in [5.41, 5.74) is 1.08. The van der Waals surface area contributed by atoms with E-state index < -0.39 is 5.97 Å². The summed E-state index contributed by atoms with van der Waals surface area (Å²) in [6.45, 7) is 1.93. The van der Waals surface area contributed by atoms with Crippen LogP contribution in [-0.4, -0.2) is 23.1 Å². The van der Waals surface area contributed by atoms with Crippen LogP contribution in [0.25, 0.3) is 0 Å². The highest BCUT2D eigenvalue weighted by atomic mass is 32.1. The minimum atomic E-state index is -0.767. The van der Waals surface area contributed by atoms with E-state index in [-0.39, 0.29) is 24.0 Å². The molecule has 0 aromatic carbocycles. The van der Waals surface area contributed by atoms with Crippen molar-refractivity contribution in [1.29, 1.82) is 0 Å². The van der Waals surface area contributed by atoms with E-state index in [9.17, 15) is 9.59 Å². The molecule has 1 aromatic rings. The van der Waals surface area contributed by atoms with Crippen molar-refractivity contribution >= 4 is 23.3 Å². The number of urea groups is 1. The van der Waals surface area contributed by atoms with Crippen LogP contribution in [0.15, 0.2) is 16.8 Å². The molecule has 3 N–H and O–H groups in total. The SMILES string of the molecule is CC(NC(=O)NC1CCC(C(=O)O)C1)c1ccsc1. The van der Waals surface area contributed by atoms with Gasteiger partial charge in [-0.15, -0.1) is 0 Å². The fourth-order valence-corrected chi connectivity index (χ4v) is 3.12. The molecule has 2 amide bonds. The van der Waals surface area contributed by atoms with Crippen LogP contribution < -0.4 is 10.6 Å². The first-order valence-corrected chi connectivity index (χ1v) is 7.32. The minimum Gasteiger partial charge on any atom is -0.481 e. The lowest BCUT2D eigenvalue weighted by Gasteiger charge is -2.17. The number of nitrogens with one attached hydrogen (secondary N) is 2. The van der Waals surface area contributed by atoms with Gasteiger partial charge in [-0.3, -0.25) is 4.79 Å². The highest BCUT2D eigenvalue weighted by Crippen LogP contribution is 2.25. The van der Waals surface area contributed by atoms with Gasteiger partial charge in [-0.25, -0.2) is 4.79 Å². The Hall–Kier alpha value is -1.56. The Kier molecular flexibility index (Phi) is 4.42. The molecule has 6 heteroatoms. The summed E-state index contributed by atoms with van der Waals surface area (Å²) in [6, 6.07) is 1.68. The van der Waals surface area contributed by atoms with Gasteiger partial charge in [0.1, 0.15) is 0 Å². The number of rotatable bonds is 4. The molecule has 0 radical (unpaired) electrons. The second-order valence-corrected chi connectivity index (χ2v) is 5.72. The summed E-state index contributed by atoms with van der Waals surface area (Å²) in [7, 11) is 0. The van der Waals surface area contributed by atoms with Crippen LogP contribution in [-0.2, 0) is 4.79 Å². The molecule has 5 nitrogen and oxygen atoms in total. The molecule has 0 spiro atoms. The molecule has 1 aliphatic carbocycles. The zero-order chi connectivity index (χ0) is 13.8. The summed E-state index contributed by atoms with van der Waals surface area (Å²) >= 11 is 1.59. The smallest absolute Gasteiger partial charge is 0.315 e. The van der Waals surface area contributed by atoms with E-state index in [1.807, 2.05) is 23.8 Å². The molecule has 104 valence electrons. The first kappa shape index (κ1) is 13.9. The summed E-state index contributed by atoms with van der Waals surface area (Å²) in [5, 5.41) is 18.6. The summed E-state index contributed by atoms with van der Waals surface area (Å²) in [5.74, 6) is -1.09. The van der Waals surface area contributed by atoms with Crippen molar-refractivity contribution in [3.8, 4) is 0 Å². The Morgan fingerprint density at radius 2 is 2.26 bits per heavy atom. The maximum Gasteiger partial charge on any atom is 0.315 e. The van der Waals surface area contributed by atoms with E-state index >= 15 is 0 Å². The Morgan fingerprint density at radius 1 is 1.47 bits per heavy atom. The van der Waals surface area contributed by atoms with E-state index in [0.717, 1.165) is 12.0 Å². The van der Waals surface area contributed by atoms with Crippen LogP contribution in [0, 0.1) is 5.92 Å². The van der Waals surface area contributed by atoms with E-state index in [1.54, 1.807) is 11.3 Å². The first-order chi connectivity index (χ1) is 9.06. The van der Waals surface area contributed by atoms with Crippen molar-refractivity contribution in [1.82, 2.24) is 10.6 Å². The van der Waals surface area contributed by atoms with Crippen molar-refractivity contribution in [3.05, 3.63) is 22.4 Å². The standard InChI is InChI=1S/C13H18N2O3S/c1-8(10-4-5-19-7-10)14-13(18)15-11-3-2-9(6-11)12(16)17/h4-5,7-9,11H,2-3,6H2,1H3,(H,16,17)(H2,14,15,18). The Balaban J connectivity index is 1.78. The Morgan fingerprint density at radius 3 is 2.84 bits per heavy atom. The Bertz CT molecular complexity index is 447. The molecule has 3 unspecified atom stereocenters. The highest BCUT2D eigenvalue weighted by Gasteiger charge is 2.30. The molecule has 1 saturated carbocycles. The molecule has 1 fully saturated rings. The van der Waals surface area contributed by atoms with Crippen molar-refractivity contribution < 1.29 is 14.7 Å². The zero-order valence-electron chi connectivity index (χ0n) is 10.8. The molecule has 3 atom stereocenters. The summed E-state index contributed by atoms with van der Waals surface area (Å²) < 4.78 is 0. The van der Waals surface area contributed by atoms with E-state index in [2.05, 4.69) is 10.6 Å². The van der Waals surface area contributed by atoms with Gasteiger partial charge >= 0.3 is 12.0 Å². The van der Waals surface area contributed by atoms with Gasteiger partial charge < -0.3 is 15.7 Å². The van der Waals surface area contributed by atoms with Crippen LogP contribution in [0.1, 0.15) is 37.8 Å². The number of carbonyl (C=O) groups is 2. The van der Waals surface area contributed by atoms with Gasteiger partial charge in [-0.05, 0) is 48.6 Å². The third-order valence-corrected chi connectivity index (χ3v) is 4.21.